The van der Waals surface area contributed by atoms with Crippen molar-refractivity contribution in [3.8, 4) is 0 Å². The molecule has 3 atom stereocenters. The van der Waals surface area contributed by atoms with E-state index in [0.29, 0.717) is 0 Å². The molecular formula is C6H10O5. The maximum Gasteiger partial charge on any atom is 0.338 e. The number of rotatable bonds is 1. The molecule has 0 spiro atoms. The molecule has 0 bridgehead atoms. The summed E-state index contributed by atoms with van der Waals surface area (Å²) in [7, 11) is 0. The number of aliphatic hydroxyl groups is 3. The number of ether oxygens (including phenoxy) is 1. The van der Waals surface area contributed by atoms with Gasteiger partial charge < -0.3 is 20.1 Å². The second-order valence-corrected chi connectivity index (χ2v) is 2.49. The number of carbonyl (C=O) groups is 1. The quantitative estimate of drug-likeness (QED) is 0.389. The highest BCUT2D eigenvalue weighted by Crippen LogP contribution is 2.14. The van der Waals surface area contributed by atoms with E-state index in [1.807, 2.05) is 0 Å². The molecule has 1 saturated heterocycles. The Hall–Kier alpha value is -0.650. The van der Waals surface area contributed by atoms with Crippen molar-refractivity contribution >= 4 is 5.97 Å². The Bertz CT molecular complexity index is 157. The van der Waals surface area contributed by atoms with E-state index < -0.39 is 24.3 Å². The Morgan fingerprint density at radius 3 is 2.64 bits per heavy atom. The summed E-state index contributed by atoms with van der Waals surface area (Å²) in [5, 5.41) is 26.4. The predicted molar refractivity (Wildman–Crippen MR) is 33.6 cm³/mol. The van der Waals surface area contributed by atoms with Crippen LogP contribution in [-0.4, -0.2) is 46.2 Å². The van der Waals surface area contributed by atoms with Crippen LogP contribution in [0.4, 0.5) is 0 Å². The van der Waals surface area contributed by atoms with Crippen LogP contribution >= 0.6 is 0 Å². The average molecular weight is 162 g/mol. The van der Waals surface area contributed by atoms with Crippen LogP contribution < -0.4 is 0 Å². The van der Waals surface area contributed by atoms with Gasteiger partial charge >= 0.3 is 5.97 Å². The van der Waals surface area contributed by atoms with Crippen LogP contribution in [0.25, 0.3) is 0 Å². The van der Waals surface area contributed by atoms with Gasteiger partial charge in [0.2, 0.25) is 0 Å². The molecule has 0 amide bonds. The van der Waals surface area contributed by atoms with Gasteiger partial charge in [-0.3, -0.25) is 0 Å². The molecule has 1 fully saturated rings. The minimum absolute atomic E-state index is 0.0867. The molecule has 64 valence electrons. The number of hydrogen-bond donors (Lipinski definition) is 3. The highest BCUT2D eigenvalue weighted by atomic mass is 16.6. The van der Waals surface area contributed by atoms with E-state index in [9.17, 15) is 4.79 Å². The number of carbonyl (C=O) groups excluding carboxylic acids is 1. The first kappa shape index (κ1) is 8.45. The highest BCUT2D eigenvalue weighted by Gasteiger charge is 2.35. The van der Waals surface area contributed by atoms with Crippen molar-refractivity contribution in [3.63, 3.8) is 0 Å². The number of hydrogen-bond acceptors (Lipinski definition) is 5. The molecule has 1 heterocycles. The lowest BCUT2D eigenvalue weighted by Gasteiger charge is -2.27. The van der Waals surface area contributed by atoms with Gasteiger partial charge in [0.05, 0.1) is 12.7 Å². The van der Waals surface area contributed by atoms with Crippen LogP contribution in [0.1, 0.15) is 6.42 Å². The van der Waals surface area contributed by atoms with Crippen molar-refractivity contribution in [3.05, 3.63) is 0 Å². The van der Waals surface area contributed by atoms with Crippen molar-refractivity contribution in [2.45, 2.75) is 24.7 Å². The van der Waals surface area contributed by atoms with E-state index in [1.165, 1.54) is 0 Å². The van der Waals surface area contributed by atoms with Crippen molar-refractivity contribution < 1.29 is 24.9 Å². The van der Waals surface area contributed by atoms with Crippen LogP contribution in [0.3, 0.4) is 0 Å². The molecule has 0 aromatic carbocycles. The third-order valence-corrected chi connectivity index (χ3v) is 1.60. The Balaban J connectivity index is 2.54. The largest absolute Gasteiger partial charge is 0.458 e. The van der Waals surface area contributed by atoms with Gasteiger partial charge in [-0.25, -0.2) is 4.79 Å². The zero-order chi connectivity index (χ0) is 8.43. The second kappa shape index (κ2) is 3.17. The van der Waals surface area contributed by atoms with Crippen molar-refractivity contribution in [2.75, 3.05) is 6.61 Å². The summed E-state index contributed by atoms with van der Waals surface area (Å²) in [4.78, 5) is 10.6. The fourth-order valence-corrected chi connectivity index (χ4v) is 0.949. The van der Waals surface area contributed by atoms with Crippen LogP contribution in [0, 0.1) is 0 Å². The van der Waals surface area contributed by atoms with E-state index in [-0.39, 0.29) is 13.0 Å². The summed E-state index contributed by atoms with van der Waals surface area (Å²) in [6.45, 7) is -0.324. The number of cyclic esters (lactones) is 1. The van der Waals surface area contributed by atoms with Gasteiger partial charge in [0.15, 0.2) is 6.10 Å². The zero-order valence-electron chi connectivity index (χ0n) is 5.80. The summed E-state index contributed by atoms with van der Waals surface area (Å²) >= 11 is 0. The molecule has 0 aliphatic carbocycles. The first-order valence-corrected chi connectivity index (χ1v) is 3.32. The van der Waals surface area contributed by atoms with Crippen LogP contribution in [-0.2, 0) is 9.53 Å². The summed E-state index contributed by atoms with van der Waals surface area (Å²) in [5.74, 6) is -0.872. The topological polar surface area (TPSA) is 87.0 Å². The molecule has 1 aliphatic heterocycles. The Morgan fingerprint density at radius 2 is 2.18 bits per heavy atom. The fraction of sp³-hybridized carbons (Fsp3) is 0.833. The molecule has 0 radical (unpaired) electrons. The molecular weight excluding hydrogens is 152 g/mol. The first-order chi connectivity index (χ1) is 5.15. The Labute approximate surface area is 63.2 Å². The normalized spacial score (nSPS) is 38.5. The molecule has 0 saturated carbocycles. The van der Waals surface area contributed by atoms with Crippen molar-refractivity contribution in [1.82, 2.24) is 0 Å². The van der Waals surface area contributed by atoms with Crippen molar-refractivity contribution in [2.24, 2.45) is 0 Å². The summed E-state index contributed by atoms with van der Waals surface area (Å²) in [5.41, 5.74) is 0. The summed E-state index contributed by atoms with van der Waals surface area (Å²) in [6, 6.07) is 0. The van der Waals surface area contributed by atoms with E-state index in [1.54, 1.807) is 0 Å². The van der Waals surface area contributed by atoms with Gasteiger partial charge in [-0.2, -0.15) is 0 Å². The van der Waals surface area contributed by atoms with Crippen LogP contribution in [0.2, 0.25) is 0 Å². The van der Waals surface area contributed by atoms with Crippen LogP contribution in [0.15, 0.2) is 0 Å². The lowest BCUT2D eigenvalue weighted by Crippen LogP contribution is -2.46. The van der Waals surface area contributed by atoms with Crippen LogP contribution in [0.5, 0.6) is 0 Å². The Morgan fingerprint density at radius 1 is 1.55 bits per heavy atom. The second-order valence-electron chi connectivity index (χ2n) is 2.49. The maximum absolute atomic E-state index is 10.6. The average Bonchev–Trinajstić information content (AvgIpc) is 1.99. The van der Waals surface area contributed by atoms with E-state index in [2.05, 4.69) is 4.74 Å². The van der Waals surface area contributed by atoms with Gasteiger partial charge in [0, 0.05) is 6.42 Å². The zero-order valence-corrected chi connectivity index (χ0v) is 5.80. The summed E-state index contributed by atoms with van der Waals surface area (Å²) < 4.78 is 4.52. The molecule has 5 nitrogen and oxygen atoms in total. The van der Waals surface area contributed by atoms with E-state index in [4.69, 9.17) is 15.3 Å². The van der Waals surface area contributed by atoms with Gasteiger partial charge in [-0.1, -0.05) is 0 Å². The maximum atomic E-state index is 10.6. The molecule has 1 rings (SSSR count). The lowest BCUT2D eigenvalue weighted by molar-refractivity contribution is -0.181. The molecule has 1 aliphatic rings. The monoisotopic (exact) mass is 162 g/mol. The number of esters is 1. The van der Waals surface area contributed by atoms with E-state index in [0.717, 1.165) is 0 Å². The number of aliphatic hydroxyl groups excluding tert-OH is 3. The van der Waals surface area contributed by atoms with E-state index >= 15 is 0 Å². The first-order valence-electron chi connectivity index (χ1n) is 3.32. The Kier molecular flexibility index (Phi) is 2.43. The smallest absolute Gasteiger partial charge is 0.338 e. The molecule has 0 aromatic rings. The minimum atomic E-state index is -1.46. The predicted octanol–water partition coefficient (Wildman–Crippen LogP) is -1.98. The third-order valence-electron chi connectivity index (χ3n) is 1.60. The highest BCUT2D eigenvalue weighted by molar-refractivity contribution is 5.76. The minimum Gasteiger partial charge on any atom is -0.458 e. The fourth-order valence-electron chi connectivity index (χ4n) is 0.949. The summed E-state index contributed by atoms with van der Waals surface area (Å²) in [6.07, 6.45) is -3.17. The molecule has 11 heavy (non-hydrogen) atoms. The molecule has 3 N–H and O–H groups in total. The SMILES string of the molecule is O=C1OC(CO)CC(O)C1O. The van der Waals surface area contributed by atoms with Gasteiger partial charge in [0.1, 0.15) is 6.10 Å². The molecule has 5 heteroatoms. The lowest BCUT2D eigenvalue weighted by atomic mass is 10.0. The standard InChI is InChI=1S/C6H10O5/c7-2-3-1-4(8)5(9)6(10)11-3/h3-5,7-9H,1-2H2. The van der Waals surface area contributed by atoms with Crippen molar-refractivity contribution in [1.29, 1.82) is 0 Å². The third kappa shape index (κ3) is 1.68. The van der Waals surface area contributed by atoms with Gasteiger partial charge in [-0.15, -0.1) is 0 Å². The molecule has 3 unspecified atom stereocenters. The van der Waals surface area contributed by atoms with Gasteiger partial charge in [-0.05, 0) is 0 Å². The van der Waals surface area contributed by atoms with Gasteiger partial charge in [0.25, 0.3) is 0 Å². The molecule has 0 aromatic heterocycles.